The van der Waals surface area contributed by atoms with Crippen molar-refractivity contribution < 1.29 is 27.4 Å². The van der Waals surface area contributed by atoms with E-state index >= 15 is 0 Å². The molecular formula is C28H32FN5O5S. The van der Waals surface area contributed by atoms with E-state index < -0.39 is 33.3 Å². The molecule has 4 heterocycles. The number of β-amino-alcohol motifs (C(OH)–C–C–N with tert-alkyl or cyclic N) is 1. The molecule has 1 spiro atoms. The van der Waals surface area contributed by atoms with E-state index in [1.165, 1.54) is 18.3 Å². The third-order valence-corrected chi connectivity index (χ3v) is 8.98. The number of aliphatic hydroxyl groups excluding tert-OH is 1. The van der Waals surface area contributed by atoms with Crippen LogP contribution in [0.2, 0.25) is 0 Å². The summed E-state index contributed by atoms with van der Waals surface area (Å²) < 4.78 is 49.5. The number of hydrogen-bond acceptors (Lipinski definition) is 8. The highest BCUT2D eigenvalue weighted by atomic mass is 32.2. The van der Waals surface area contributed by atoms with Gasteiger partial charge in [0.15, 0.2) is 5.82 Å². The predicted octanol–water partition coefficient (Wildman–Crippen LogP) is 2.17. The molecule has 1 saturated heterocycles. The third-order valence-electron chi connectivity index (χ3n) is 7.51. The van der Waals surface area contributed by atoms with Crippen LogP contribution in [-0.2, 0) is 10.0 Å². The summed E-state index contributed by atoms with van der Waals surface area (Å²) in [4.78, 5) is 24.5. The number of piperidine rings is 1. The molecule has 2 N–H and O–H groups in total. The zero-order chi connectivity index (χ0) is 28.3. The van der Waals surface area contributed by atoms with Gasteiger partial charge in [0.25, 0.3) is 5.91 Å². The first-order valence-electron chi connectivity index (χ1n) is 13.1. The number of ether oxygens (including phenoxy) is 1. The van der Waals surface area contributed by atoms with Crippen molar-refractivity contribution in [3.8, 4) is 16.9 Å². The van der Waals surface area contributed by atoms with Crippen LogP contribution >= 0.6 is 0 Å². The highest BCUT2D eigenvalue weighted by molar-refractivity contribution is 7.89. The van der Waals surface area contributed by atoms with Gasteiger partial charge >= 0.3 is 0 Å². The highest BCUT2D eigenvalue weighted by Crippen LogP contribution is 2.37. The van der Waals surface area contributed by atoms with Gasteiger partial charge in [-0.05, 0) is 49.7 Å². The lowest BCUT2D eigenvalue weighted by molar-refractivity contribution is 0.0158. The lowest BCUT2D eigenvalue weighted by Crippen LogP contribution is -2.51. The van der Waals surface area contributed by atoms with Crippen LogP contribution in [0, 0.1) is 11.2 Å². The second-order valence-electron chi connectivity index (χ2n) is 10.5. The predicted molar refractivity (Wildman–Crippen MR) is 146 cm³/mol. The number of likely N-dealkylation sites (tertiary alicyclic amines) is 1. The molecule has 0 bridgehead atoms. The number of aliphatic hydroxyl groups is 1. The summed E-state index contributed by atoms with van der Waals surface area (Å²) in [5.41, 5.74) is 1.10. The highest BCUT2D eigenvalue weighted by Gasteiger charge is 2.39. The number of halogens is 1. The van der Waals surface area contributed by atoms with Crippen molar-refractivity contribution in [3.05, 3.63) is 72.6 Å². The lowest BCUT2D eigenvalue weighted by Gasteiger charge is -2.44. The second-order valence-corrected chi connectivity index (χ2v) is 12.3. The Bertz CT molecular complexity index is 1460. The van der Waals surface area contributed by atoms with Crippen molar-refractivity contribution in [1.29, 1.82) is 0 Å². The fourth-order valence-corrected chi connectivity index (χ4v) is 6.58. The Balaban J connectivity index is 1.44. The molecule has 1 fully saturated rings. The molecule has 1 aromatic carbocycles. The molecule has 1 atom stereocenters. The summed E-state index contributed by atoms with van der Waals surface area (Å²) in [5.74, 6) is -0.855. The average molecular weight is 570 g/mol. The Morgan fingerprint density at radius 1 is 1.12 bits per heavy atom. The van der Waals surface area contributed by atoms with E-state index in [2.05, 4.69) is 14.7 Å². The lowest BCUT2D eigenvalue weighted by atomic mass is 9.78. The molecule has 5 rings (SSSR count). The topological polar surface area (TPSA) is 125 Å². The summed E-state index contributed by atoms with van der Waals surface area (Å²) in [6.07, 6.45) is 5.95. The number of carbonyl (C=O) groups excluding carboxylic acids is 1. The number of aromatic nitrogens is 2. The largest absolute Gasteiger partial charge is 0.492 e. The zero-order valence-electron chi connectivity index (χ0n) is 22.2. The molecule has 2 aliphatic rings. The fourth-order valence-electron chi connectivity index (χ4n) is 5.38. The van der Waals surface area contributed by atoms with Gasteiger partial charge in [-0.1, -0.05) is 12.1 Å². The number of rotatable bonds is 2. The fraction of sp³-hybridized carbons (Fsp3) is 0.393. The molecule has 12 heteroatoms. The molecule has 1 unspecified atom stereocenters. The Morgan fingerprint density at radius 2 is 1.90 bits per heavy atom. The third kappa shape index (κ3) is 6.15. The maximum Gasteiger partial charge on any atom is 0.256 e. The zero-order valence-corrected chi connectivity index (χ0v) is 23.0. The molecule has 2 aliphatic heterocycles. The molecule has 212 valence electrons. The van der Waals surface area contributed by atoms with Gasteiger partial charge in [0.05, 0.1) is 24.5 Å². The maximum atomic E-state index is 14.2. The number of pyridine rings is 2. The Kier molecular flexibility index (Phi) is 8.13. The molecule has 40 heavy (non-hydrogen) atoms. The second kappa shape index (κ2) is 11.6. The molecule has 3 aromatic rings. The van der Waals surface area contributed by atoms with E-state index in [-0.39, 0.29) is 35.9 Å². The quantitative estimate of drug-likeness (QED) is 0.481. The summed E-state index contributed by atoms with van der Waals surface area (Å²) in [5, 5.41) is 10.6. The number of fused-ring (bicyclic) bond motifs is 1. The molecule has 0 aliphatic carbocycles. The minimum Gasteiger partial charge on any atom is -0.492 e. The number of nitrogens with zero attached hydrogens (tertiary/aromatic N) is 4. The van der Waals surface area contributed by atoms with Crippen molar-refractivity contribution in [1.82, 2.24) is 24.5 Å². The van der Waals surface area contributed by atoms with E-state index in [4.69, 9.17) is 4.74 Å². The smallest absolute Gasteiger partial charge is 0.256 e. The van der Waals surface area contributed by atoms with Crippen molar-refractivity contribution in [2.45, 2.75) is 23.8 Å². The van der Waals surface area contributed by atoms with Gasteiger partial charge in [-0.15, -0.1) is 0 Å². The molecule has 10 nitrogen and oxygen atoms in total. The van der Waals surface area contributed by atoms with Gasteiger partial charge < -0.3 is 19.6 Å². The van der Waals surface area contributed by atoms with Gasteiger partial charge in [0.2, 0.25) is 10.0 Å². The van der Waals surface area contributed by atoms with Gasteiger partial charge in [-0.3, -0.25) is 14.8 Å². The van der Waals surface area contributed by atoms with Crippen LogP contribution < -0.4 is 9.46 Å². The molecule has 1 amide bonds. The van der Waals surface area contributed by atoms with Gasteiger partial charge in [0, 0.05) is 62.3 Å². The number of nitrogens with one attached hydrogen (secondary N) is 1. The molecule has 0 saturated carbocycles. The van der Waals surface area contributed by atoms with Crippen LogP contribution in [0.25, 0.3) is 11.1 Å². The average Bonchev–Trinajstić information content (AvgIpc) is 2.95. The van der Waals surface area contributed by atoms with Crippen LogP contribution in [0.15, 0.2) is 66.1 Å². The van der Waals surface area contributed by atoms with Gasteiger partial charge in [-0.25, -0.2) is 17.5 Å². The minimum atomic E-state index is -3.98. The first-order chi connectivity index (χ1) is 19.2. The maximum absolute atomic E-state index is 14.2. The number of hydrogen-bond donors (Lipinski definition) is 2. The van der Waals surface area contributed by atoms with E-state index in [0.717, 1.165) is 17.3 Å². The van der Waals surface area contributed by atoms with Crippen molar-refractivity contribution in [2.24, 2.45) is 5.41 Å². The van der Waals surface area contributed by atoms with Crippen LogP contribution in [0.4, 0.5) is 4.39 Å². The van der Waals surface area contributed by atoms with E-state index in [1.54, 1.807) is 35.5 Å². The number of sulfonamides is 1. The normalized spacial score (nSPS) is 21.5. The number of carbonyl (C=O) groups is 1. The summed E-state index contributed by atoms with van der Waals surface area (Å²) in [7, 11) is -2.11. The van der Waals surface area contributed by atoms with E-state index in [1.807, 2.05) is 18.0 Å². The Labute approximate surface area is 232 Å². The summed E-state index contributed by atoms with van der Waals surface area (Å²) >= 11 is 0. The van der Waals surface area contributed by atoms with Gasteiger partial charge in [-0.2, -0.15) is 0 Å². The Morgan fingerprint density at radius 3 is 2.62 bits per heavy atom. The van der Waals surface area contributed by atoms with E-state index in [9.17, 15) is 22.7 Å². The monoisotopic (exact) mass is 569 g/mol. The SMILES string of the molecule is CN1CC(O)CNS(=O)(=O)c2ccc(-c3cccnc3)cc2OCC2(CCN(C(=O)c3ccncc3F)CC2)C1. The molecular weight excluding hydrogens is 537 g/mol. The van der Waals surface area contributed by atoms with Crippen molar-refractivity contribution >= 4 is 15.9 Å². The van der Waals surface area contributed by atoms with Crippen molar-refractivity contribution in [3.63, 3.8) is 0 Å². The van der Waals surface area contributed by atoms with Crippen molar-refractivity contribution in [2.75, 3.05) is 46.4 Å². The first kappa shape index (κ1) is 28.1. The standard InChI is InChI=1S/C28H32FN5O5S/c1-33-17-22(35)15-32-40(37,38)26-5-4-20(21-3-2-9-30-14-21)13-25(26)39-19-28(18-33)7-11-34(12-8-28)27(36)23-6-10-31-16-24(23)29/h2-6,9-10,13-14,16,22,32,35H,7-8,11-12,15,17-19H2,1H3. The summed E-state index contributed by atoms with van der Waals surface area (Å²) in [6, 6.07) is 9.95. The summed E-state index contributed by atoms with van der Waals surface area (Å²) in [6.45, 7) is 1.61. The van der Waals surface area contributed by atoms with Crippen LogP contribution in [0.3, 0.4) is 0 Å². The van der Waals surface area contributed by atoms with E-state index in [0.29, 0.717) is 32.5 Å². The minimum absolute atomic E-state index is 0.0165. The van der Waals surface area contributed by atoms with Crippen LogP contribution in [0.5, 0.6) is 5.75 Å². The Hall–Kier alpha value is -3.45. The van der Waals surface area contributed by atoms with Crippen LogP contribution in [0.1, 0.15) is 23.2 Å². The van der Waals surface area contributed by atoms with Gasteiger partial charge in [0.1, 0.15) is 10.6 Å². The molecule has 2 aromatic heterocycles. The van der Waals surface area contributed by atoms with Crippen LogP contribution in [-0.4, -0.2) is 91.7 Å². The number of likely N-dealkylation sites (N-methyl/N-ethyl adjacent to an activating group) is 1. The number of benzene rings is 1. The first-order valence-corrected chi connectivity index (χ1v) is 14.6. The molecule has 0 radical (unpaired) electrons. The number of amides is 1.